The van der Waals surface area contributed by atoms with Crippen LogP contribution in [0.3, 0.4) is 0 Å². The van der Waals surface area contributed by atoms with Gasteiger partial charge in [-0.15, -0.1) is 0 Å². The molecular formula is C10H20N2O. The second-order valence-corrected chi connectivity index (χ2v) is 4.28. The van der Waals surface area contributed by atoms with Crippen molar-refractivity contribution >= 4 is 5.91 Å². The summed E-state index contributed by atoms with van der Waals surface area (Å²) in [5.41, 5.74) is 0. The first-order valence-electron chi connectivity index (χ1n) is 5.03. The minimum Gasteiger partial charge on any atom is -0.337 e. The van der Waals surface area contributed by atoms with Crippen molar-refractivity contribution in [3.05, 3.63) is 0 Å². The third-order valence-corrected chi connectivity index (χ3v) is 2.81. The lowest BCUT2D eigenvalue weighted by Crippen LogP contribution is -2.58. The topological polar surface area (TPSA) is 32.3 Å². The van der Waals surface area contributed by atoms with Gasteiger partial charge in [0, 0.05) is 32.1 Å². The van der Waals surface area contributed by atoms with Crippen molar-refractivity contribution in [2.45, 2.75) is 39.8 Å². The molecule has 0 spiro atoms. The Morgan fingerprint density at radius 1 is 1.54 bits per heavy atom. The zero-order chi connectivity index (χ0) is 10.0. The Balaban J connectivity index is 2.58. The molecule has 0 radical (unpaired) electrons. The van der Waals surface area contributed by atoms with Crippen molar-refractivity contribution in [1.82, 2.24) is 10.2 Å². The van der Waals surface area contributed by atoms with E-state index in [9.17, 15) is 4.79 Å². The zero-order valence-electron chi connectivity index (χ0n) is 9.00. The molecule has 1 aliphatic rings. The molecule has 1 amide bonds. The van der Waals surface area contributed by atoms with Crippen LogP contribution in [-0.4, -0.2) is 36.0 Å². The lowest BCUT2D eigenvalue weighted by molar-refractivity contribution is -0.132. The number of nitrogens with one attached hydrogen (secondary N) is 1. The van der Waals surface area contributed by atoms with Crippen LogP contribution in [0.1, 0.15) is 27.7 Å². The lowest BCUT2D eigenvalue weighted by atomic mass is 10.00. The molecule has 0 saturated carbocycles. The van der Waals surface area contributed by atoms with Gasteiger partial charge in [-0.2, -0.15) is 0 Å². The van der Waals surface area contributed by atoms with Crippen LogP contribution in [0, 0.1) is 5.92 Å². The highest BCUT2D eigenvalue weighted by atomic mass is 16.2. The van der Waals surface area contributed by atoms with E-state index in [0.717, 1.165) is 13.1 Å². The number of amides is 1. The van der Waals surface area contributed by atoms with Gasteiger partial charge in [-0.1, -0.05) is 13.8 Å². The van der Waals surface area contributed by atoms with E-state index in [0.29, 0.717) is 18.0 Å². The van der Waals surface area contributed by atoms with E-state index >= 15 is 0 Å². The van der Waals surface area contributed by atoms with E-state index in [-0.39, 0.29) is 5.91 Å². The van der Waals surface area contributed by atoms with Crippen molar-refractivity contribution in [3.8, 4) is 0 Å². The second-order valence-electron chi connectivity index (χ2n) is 4.28. The third kappa shape index (κ3) is 2.44. The molecule has 2 atom stereocenters. The fourth-order valence-electron chi connectivity index (χ4n) is 1.77. The molecule has 76 valence electrons. The van der Waals surface area contributed by atoms with Gasteiger partial charge in [0.1, 0.15) is 0 Å². The first kappa shape index (κ1) is 10.5. The first-order chi connectivity index (χ1) is 6.02. The van der Waals surface area contributed by atoms with Gasteiger partial charge in [0.15, 0.2) is 0 Å². The predicted octanol–water partition coefficient (Wildman–Crippen LogP) is 0.851. The van der Waals surface area contributed by atoms with Crippen LogP contribution in [0.5, 0.6) is 0 Å². The van der Waals surface area contributed by atoms with Crippen LogP contribution < -0.4 is 5.32 Å². The quantitative estimate of drug-likeness (QED) is 0.655. The number of carbonyl (C=O) groups is 1. The molecule has 0 bridgehead atoms. The van der Waals surface area contributed by atoms with Crippen LogP contribution in [0.25, 0.3) is 0 Å². The van der Waals surface area contributed by atoms with Crippen molar-refractivity contribution in [2.75, 3.05) is 13.1 Å². The minimum atomic E-state index is 0.194. The Labute approximate surface area is 80.5 Å². The Morgan fingerprint density at radius 3 is 2.62 bits per heavy atom. The van der Waals surface area contributed by atoms with Crippen LogP contribution in [0.15, 0.2) is 0 Å². The lowest BCUT2D eigenvalue weighted by Gasteiger charge is -2.39. The number of carbonyl (C=O) groups excluding carboxylic acids is 1. The van der Waals surface area contributed by atoms with E-state index in [4.69, 9.17) is 0 Å². The second kappa shape index (κ2) is 4.09. The summed E-state index contributed by atoms with van der Waals surface area (Å²) in [5.74, 6) is 0.786. The zero-order valence-corrected chi connectivity index (χ0v) is 9.00. The Morgan fingerprint density at radius 2 is 2.15 bits per heavy atom. The number of hydrogen-bond acceptors (Lipinski definition) is 2. The molecule has 1 heterocycles. The molecule has 1 aliphatic heterocycles. The van der Waals surface area contributed by atoms with Gasteiger partial charge in [0.2, 0.25) is 5.91 Å². The molecule has 1 N–H and O–H groups in total. The van der Waals surface area contributed by atoms with Crippen molar-refractivity contribution in [3.63, 3.8) is 0 Å². The SMILES string of the molecule is CC(=O)N1CC(C(C)C)NCC1C. The summed E-state index contributed by atoms with van der Waals surface area (Å²) < 4.78 is 0. The fourth-order valence-corrected chi connectivity index (χ4v) is 1.77. The monoisotopic (exact) mass is 184 g/mol. The highest BCUT2D eigenvalue weighted by Gasteiger charge is 2.27. The average Bonchev–Trinajstić information content (AvgIpc) is 2.04. The maximum atomic E-state index is 11.3. The summed E-state index contributed by atoms with van der Waals surface area (Å²) in [6.07, 6.45) is 0. The molecule has 0 aliphatic carbocycles. The van der Waals surface area contributed by atoms with Gasteiger partial charge in [-0.05, 0) is 12.8 Å². The van der Waals surface area contributed by atoms with Crippen LogP contribution >= 0.6 is 0 Å². The average molecular weight is 184 g/mol. The Bertz CT molecular complexity index is 191. The summed E-state index contributed by atoms with van der Waals surface area (Å²) in [6, 6.07) is 0.799. The van der Waals surface area contributed by atoms with Crippen LogP contribution in [0.4, 0.5) is 0 Å². The van der Waals surface area contributed by atoms with Gasteiger partial charge in [0.25, 0.3) is 0 Å². The molecule has 0 aromatic heterocycles. The molecule has 0 aromatic carbocycles. The highest BCUT2D eigenvalue weighted by Crippen LogP contribution is 2.12. The maximum Gasteiger partial charge on any atom is 0.219 e. The number of rotatable bonds is 1. The maximum absolute atomic E-state index is 11.3. The summed E-state index contributed by atoms with van der Waals surface area (Å²) in [5, 5.41) is 3.46. The molecule has 1 saturated heterocycles. The van der Waals surface area contributed by atoms with E-state index < -0.39 is 0 Å². The summed E-state index contributed by atoms with van der Waals surface area (Å²) in [7, 11) is 0. The van der Waals surface area contributed by atoms with Crippen molar-refractivity contribution in [2.24, 2.45) is 5.92 Å². The Kier molecular flexibility index (Phi) is 3.31. The first-order valence-corrected chi connectivity index (χ1v) is 5.03. The highest BCUT2D eigenvalue weighted by molar-refractivity contribution is 5.73. The summed E-state index contributed by atoms with van der Waals surface area (Å²) in [6.45, 7) is 9.89. The van der Waals surface area contributed by atoms with Crippen LogP contribution in [0.2, 0.25) is 0 Å². The molecule has 1 rings (SSSR count). The molecular weight excluding hydrogens is 164 g/mol. The molecule has 3 nitrogen and oxygen atoms in total. The number of hydrogen-bond donors (Lipinski definition) is 1. The molecule has 2 unspecified atom stereocenters. The van der Waals surface area contributed by atoms with E-state index in [1.807, 2.05) is 4.90 Å². The Hall–Kier alpha value is -0.570. The van der Waals surface area contributed by atoms with Gasteiger partial charge < -0.3 is 10.2 Å². The van der Waals surface area contributed by atoms with Crippen molar-refractivity contribution in [1.29, 1.82) is 0 Å². The van der Waals surface area contributed by atoms with E-state index in [2.05, 4.69) is 26.1 Å². The largest absolute Gasteiger partial charge is 0.337 e. The molecule has 0 aromatic rings. The van der Waals surface area contributed by atoms with E-state index in [1.165, 1.54) is 0 Å². The van der Waals surface area contributed by atoms with E-state index in [1.54, 1.807) is 6.92 Å². The predicted molar refractivity (Wildman–Crippen MR) is 53.5 cm³/mol. The van der Waals surface area contributed by atoms with Crippen LogP contribution in [-0.2, 0) is 4.79 Å². The van der Waals surface area contributed by atoms with Gasteiger partial charge in [-0.3, -0.25) is 4.79 Å². The standard InChI is InChI=1S/C10H20N2O/c1-7(2)10-6-12(9(4)13)8(3)5-11-10/h7-8,10-11H,5-6H2,1-4H3. The number of piperazine rings is 1. The minimum absolute atomic E-state index is 0.194. The third-order valence-electron chi connectivity index (χ3n) is 2.81. The molecule has 13 heavy (non-hydrogen) atoms. The smallest absolute Gasteiger partial charge is 0.219 e. The normalized spacial score (nSPS) is 29.5. The van der Waals surface area contributed by atoms with Gasteiger partial charge in [0.05, 0.1) is 0 Å². The summed E-state index contributed by atoms with van der Waals surface area (Å²) in [4.78, 5) is 13.2. The summed E-state index contributed by atoms with van der Waals surface area (Å²) >= 11 is 0. The van der Waals surface area contributed by atoms with Gasteiger partial charge >= 0.3 is 0 Å². The molecule has 1 fully saturated rings. The number of nitrogens with zero attached hydrogens (tertiary/aromatic N) is 1. The fraction of sp³-hybridized carbons (Fsp3) is 0.900. The van der Waals surface area contributed by atoms with Gasteiger partial charge in [-0.25, -0.2) is 0 Å². The van der Waals surface area contributed by atoms with Crippen molar-refractivity contribution < 1.29 is 4.79 Å². The molecule has 3 heteroatoms.